The van der Waals surface area contributed by atoms with Crippen molar-refractivity contribution in [2.24, 2.45) is 22.7 Å². The lowest BCUT2D eigenvalue weighted by Crippen LogP contribution is -2.50. The monoisotopic (exact) mass is 341 g/mol. The lowest BCUT2D eigenvalue weighted by atomic mass is 9.46. The van der Waals surface area contributed by atoms with Crippen LogP contribution in [-0.2, 0) is 9.59 Å². The lowest BCUT2D eigenvalue weighted by Gasteiger charge is -2.59. The molecule has 25 heavy (non-hydrogen) atoms. The number of Topliss-reactive ketones (excluding diaryl/α,β-unsaturated/α-hetero) is 1. The second kappa shape index (κ2) is 6.26. The number of rotatable bonds is 3. The molecule has 3 heteroatoms. The highest BCUT2D eigenvalue weighted by atomic mass is 16.1. The zero-order valence-corrected chi connectivity index (χ0v) is 16.1. The SMILES string of the molecule is C=C1CCCC2C1(C)CCC(C)C2(C)CC1=CC(=O)C=C(NC)C1=O. The van der Waals surface area contributed by atoms with E-state index in [0.717, 1.165) is 12.8 Å². The average Bonchev–Trinajstić information content (AvgIpc) is 2.57. The maximum atomic E-state index is 12.8. The van der Waals surface area contributed by atoms with Crippen LogP contribution in [0.15, 0.2) is 35.6 Å². The van der Waals surface area contributed by atoms with Crippen molar-refractivity contribution in [3.63, 3.8) is 0 Å². The summed E-state index contributed by atoms with van der Waals surface area (Å²) in [7, 11) is 1.70. The zero-order chi connectivity index (χ0) is 18.4. The molecule has 0 heterocycles. The molecule has 3 aliphatic rings. The molecule has 0 aromatic heterocycles. The Morgan fingerprint density at radius 3 is 2.64 bits per heavy atom. The number of hydrogen-bond acceptors (Lipinski definition) is 3. The first kappa shape index (κ1) is 18.2. The van der Waals surface area contributed by atoms with E-state index in [1.54, 1.807) is 13.1 Å². The minimum atomic E-state index is -0.0816. The molecule has 0 aromatic rings. The number of ketones is 2. The van der Waals surface area contributed by atoms with Crippen LogP contribution < -0.4 is 5.32 Å². The van der Waals surface area contributed by atoms with E-state index in [4.69, 9.17) is 0 Å². The Kier molecular flexibility index (Phi) is 4.55. The third-order valence-electron chi connectivity index (χ3n) is 7.55. The van der Waals surface area contributed by atoms with Crippen molar-refractivity contribution in [3.8, 4) is 0 Å². The van der Waals surface area contributed by atoms with Gasteiger partial charge in [-0.15, -0.1) is 0 Å². The summed E-state index contributed by atoms with van der Waals surface area (Å²) < 4.78 is 0. The largest absolute Gasteiger partial charge is 0.385 e. The Balaban J connectivity index is 1.95. The summed E-state index contributed by atoms with van der Waals surface area (Å²) in [6.45, 7) is 11.4. The van der Waals surface area contributed by atoms with Crippen LogP contribution in [0.3, 0.4) is 0 Å². The smallest absolute Gasteiger partial charge is 0.205 e. The van der Waals surface area contributed by atoms with Gasteiger partial charge >= 0.3 is 0 Å². The average molecular weight is 341 g/mol. The second-order valence-electron chi connectivity index (χ2n) is 8.80. The fourth-order valence-corrected chi connectivity index (χ4v) is 5.65. The van der Waals surface area contributed by atoms with Crippen LogP contribution in [0.2, 0.25) is 0 Å². The van der Waals surface area contributed by atoms with E-state index in [9.17, 15) is 9.59 Å². The van der Waals surface area contributed by atoms with Gasteiger partial charge in [0.15, 0.2) is 5.78 Å². The van der Waals surface area contributed by atoms with Crippen molar-refractivity contribution in [1.29, 1.82) is 0 Å². The second-order valence-corrected chi connectivity index (χ2v) is 8.80. The molecule has 0 aromatic carbocycles. The first-order valence-corrected chi connectivity index (χ1v) is 9.59. The first-order valence-electron chi connectivity index (χ1n) is 9.59. The summed E-state index contributed by atoms with van der Waals surface area (Å²) in [5, 5.41) is 2.88. The molecule has 2 fully saturated rings. The van der Waals surface area contributed by atoms with Gasteiger partial charge < -0.3 is 5.32 Å². The normalized spacial score (nSPS) is 38.8. The maximum absolute atomic E-state index is 12.8. The van der Waals surface area contributed by atoms with Crippen LogP contribution in [-0.4, -0.2) is 18.6 Å². The molecule has 1 N–H and O–H groups in total. The molecule has 0 spiro atoms. The predicted octanol–water partition coefficient (Wildman–Crippen LogP) is 4.36. The van der Waals surface area contributed by atoms with Crippen molar-refractivity contribution < 1.29 is 9.59 Å². The van der Waals surface area contributed by atoms with Crippen LogP contribution in [0, 0.1) is 22.7 Å². The van der Waals surface area contributed by atoms with Gasteiger partial charge in [-0.1, -0.05) is 32.9 Å². The number of carbonyl (C=O) groups is 2. The summed E-state index contributed by atoms with van der Waals surface area (Å²) in [6.07, 6.45) is 9.52. The number of hydrogen-bond donors (Lipinski definition) is 1. The van der Waals surface area contributed by atoms with Crippen molar-refractivity contribution in [2.45, 2.75) is 59.3 Å². The minimum absolute atomic E-state index is 0.0163. The molecule has 0 radical (unpaired) electrons. The molecule has 3 nitrogen and oxygen atoms in total. The maximum Gasteiger partial charge on any atom is 0.205 e. The Bertz CT molecular complexity index is 686. The summed E-state index contributed by atoms with van der Waals surface area (Å²) in [5.41, 5.74) is 2.67. The van der Waals surface area contributed by atoms with E-state index in [0.29, 0.717) is 29.5 Å². The van der Waals surface area contributed by atoms with Gasteiger partial charge in [-0.3, -0.25) is 9.59 Å². The van der Waals surface area contributed by atoms with E-state index >= 15 is 0 Å². The zero-order valence-electron chi connectivity index (χ0n) is 16.1. The Hall–Kier alpha value is -1.64. The van der Waals surface area contributed by atoms with Crippen LogP contribution in [0.4, 0.5) is 0 Å². The van der Waals surface area contributed by atoms with Gasteiger partial charge in [0.25, 0.3) is 0 Å². The van der Waals surface area contributed by atoms with Crippen molar-refractivity contribution in [1.82, 2.24) is 5.32 Å². The van der Waals surface area contributed by atoms with Gasteiger partial charge in [0, 0.05) is 18.7 Å². The van der Waals surface area contributed by atoms with E-state index in [1.807, 2.05) is 0 Å². The number of allylic oxidation sites excluding steroid dienone is 4. The minimum Gasteiger partial charge on any atom is -0.385 e. The molecule has 2 saturated carbocycles. The predicted molar refractivity (Wildman–Crippen MR) is 101 cm³/mol. The molecule has 4 unspecified atom stereocenters. The van der Waals surface area contributed by atoms with Crippen molar-refractivity contribution in [2.75, 3.05) is 7.05 Å². The molecular formula is C22H31NO2. The number of fused-ring (bicyclic) bond motifs is 1. The molecule has 0 saturated heterocycles. The van der Waals surface area contributed by atoms with Gasteiger partial charge in [-0.05, 0) is 67.3 Å². The first-order chi connectivity index (χ1) is 11.7. The topological polar surface area (TPSA) is 46.2 Å². The lowest BCUT2D eigenvalue weighted by molar-refractivity contribution is -0.116. The van der Waals surface area contributed by atoms with Crippen LogP contribution >= 0.6 is 0 Å². The highest BCUT2D eigenvalue weighted by molar-refractivity contribution is 6.19. The van der Waals surface area contributed by atoms with Crippen LogP contribution in [0.1, 0.15) is 59.3 Å². The number of carbonyl (C=O) groups excluding carboxylic acids is 2. The highest BCUT2D eigenvalue weighted by Crippen LogP contribution is 2.63. The van der Waals surface area contributed by atoms with E-state index < -0.39 is 0 Å². The molecule has 0 amide bonds. The highest BCUT2D eigenvalue weighted by Gasteiger charge is 2.54. The third-order valence-corrected chi connectivity index (χ3v) is 7.55. The Labute approximate surface area is 151 Å². The Morgan fingerprint density at radius 1 is 1.24 bits per heavy atom. The van der Waals surface area contributed by atoms with Gasteiger partial charge in [0.05, 0.1) is 5.70 Å². The Morgan fingerprint density at radius 2 is 1.96 bits per heavy atom. The molecule has 4 atom stereocenters. The molecule has 3 rings (SSSR count). The molecular weight excluding hydrogens is 310 g/mol. The summed E-state index contributed by atoms with van der Waals surface area (Å²) in [4.78, 5) is 24.8. The van der Waals surface area contributed by atoms with E-state index in [1.165, 1.54) is 30.9 Å². The summed E-state index contributed by atoms with van der Waals surface area (Å²) in [5.74, 6) is 0.959. The van der Waals surface area contributed by atoms with Gasteiger partial charge in [0.2, 0.25) is 5.78 Å². The van der Waals surface area contributed by atoms with Gasteiger partial charge in [0.1, 0.15) is 0 Å². The van der Waals surface area contributed by atoms with Gasteiger partial charge in [-0.25, -0.2) is 0 Å². The van der Waals surface area contributed by atoms with Crippen molar-refractivity contribution >= 4 is 11.6 Å². The molecule has 0 aliphatic heterocycles. The van der Waals surface area contributed by atoms with E-state index in [-0.39, 0.29) is 22.4 Å². The fourth-order valence-electron chi connectivity index (χ4n) is 5.65. The van der Waals surface area contributed by atoms with E-state index in [2.05, 4.69) is 32.7 Å². The summed E-state index contributed by atoms with van der Waals surface area (Å²) in [6, 6.07) is 0. The fraction of sp³-hybridized carbons (Fsp3) is 0.636. The standard InChI is InChI=1S/C22H31NO2/c1-14-7-6-8-19-21(14,3)10-9-15(2)22(19,4)13-16-11-17(24)12-18(23-5)20(16)25/h11-12,15,19,23H,1,6-10,13H2,2-5H3. The number of likely N-dealkylation sites (N-methyl/N-ethyl adjacent to an activating group) is 1. The van der Waals surface area contributed by atoms with Gasteiger partial charge in [-0.2, -0.15) is 0 Å². The molecule has 3 aliphatic carbocycles. The summed E-state index contributed by atoms with van der Waals surface area (Å²) >= 11 is 0. The van der Waals surface area contributed by atoms with Crippen molar-refractivity contribution in [3.05, 3.63) is 35.6 Å². The van der Waals surface area contributed by atoms with Crippen LogP contribution in [0.25, 0.3) is 0 Å². The van der Waals surface area contributed by atoms with Crippen LogP contribution in [0.5, 0.6) is 0 Å². The third kappa shape index (κ3) is 2.82. The number of nitrogens with one attached hydrogen (secondary N) is 1. The quantitative estimate of drug-likeness (QED) is 0.613. The molecule has 136 valence electrons. The molecule has 0 bridgehead atoms.